The van der Waals surface area contributed by atoms with Crippen molar-refractivity contribution in [2.45, 2.75) is 45.4 Å². The lowest BCUT2D eigenvalue weighted by Gasteiger charge is -2.40. The Balaban J connectivity index is 2.72. The van der Waals surface area contributed by atoms with Gasteiger partial charge in [0.25, 0.3) is 0 Å². The Morgan fingerprint density at radius 2 is 2.07 bits per heavy atom. The molecule has 0 saturated carbocycles. The number of hydrogen-bond acceptors (Lipinski definition) is 3. The van der Waals surface area contributed by atoms with E-state index in [-0.39, 0.29) is 11.6 Å². The first kappa shape index (κ1) is 12.0. The molecule has 0 bridgehead atoms. The van der Waals surface area contributed by atoms with Crippen molar-refractivity contribution in [1.82, 2.24) is 4.90 Å². The summed E-state index contributed by atoms with van der Waals surface area (Å²) in [6, 6.07) is 0.532. The summed E-state index contributed by atoms with van der Waals surface area (Å²) in [5.41, 5.74) is 0.113. The highest BCUT2D eigenvalue weighted by molar-refractivity contribution is 4.87. The van der Waals surface area contributed by atoms with E-state index in [1.807, 2.05) is 0 Å². The zero-order chi connectivity index (χ0) is 10.8. The topological polar surface area (TPSA) is 21.7 Å². The predicted octanol–water partition coefficient (Wildman–Crippen LogP) is 1.52. The zero-order valence-electron chi connectivity index (χ0n) is 10.0. The number of hydrogen-bond donors (Lipinski definition) is 0. The Morgan fingerprint density at radius 3 is 2.57 bits per heavy atom. The Hall–Kier alpha value is -0.120. The maximum Gasteiger partial charge on any atom is 0.0931 e. The molecule has 1 aliphatic heterocycles. The van der Waals surface area contributed by atoms with Gasteiger partial charge in [-0.25, -0.2) is 0 Å². The summed E-state index contributed by atoms with van der Waals surface area (Å²) in [7, 11) is 1.75. The fraction of sp³-hybridized carbons (Fsp3) is 1.00. The normalized spacial score (nSPS) is 29.1. The molecule has 1 unspecified atom stereocenters. The second kappa shape index (κ2) is 4.60. The lowest BCUT2D eigenvalue weighted by molar-refractivity contribution is 0.0210. The van der Waals surface area contributed by atoms with Gasteiger partial charge in [0.2, 0.25) is 0 Å². The lowest BCUT2D eigenvalue weighted by atomic mass is 10.0. The van der Waals surface area contributed by atoms with Crippen LogP contribution >= 0.6 is 0 Å². The minimum absolute atomic E-state index is 0.113. The molecule has 3 heteroatoms. The molecule has 0 aromatic rings. The van der Waals surface area contributed by atoms with E-state index in [0.717, 1.165) is 13.2 Å². The molecule has 1 rings (SSSR count). The van der Waals surface area contributed by atoms with Gasteiger partial charge in [0.15, 0.2) is 0 Å². The van der Waals surface area contributed by atoms with E-state index in [1.165, 1.54) is 0 Å². The van der Waals surface area contributed by atoms with Crippen LogP contribution in [0.4, 0.5) is 0 Å². The molecule has 0 aromatic carbocycles. The van der Waals surface area contributed by atoms with Gasteiger partial charge in [0, 0.05) is 25.2 Å². The summed E-state index contributed by atoms with van der Waals surface area (Å²) in [5, 5.41) is 0. The zero-order valence-corrected chi connectivity index (χ0v) is 10.0. The van der Waals surface area contributed by atoms with Crippen LogP contribution in [-0.2, 0) is 9.47 Å². The Bertz CT molecular complexity index is 180. The van der Waals surface area contributed by atoms with Gasteiger partial charge in [-0.05, 0) is 27.7 Å². The molecule has 3 nitrogen and oxygen atoms in total. The van der Waals surface area contributed by atoms with Crippen LogP contribution in [0.3, 0.4) is 0 Å². The van der Waals surface area contributed by atoms with Crippen molar-refractivity contribution in [1.29, 1.82) is 0 Å². The summed E-state index contributed by atoms with van der Waals surface area (Å²) in [4.78, 5) is 2.45. The van der Waals surface area contributed by atoms with E-state index in [1.54, 1.807) is 7.11 Å². The summed E-state index contributed by atoms with van der Waals surface area (Å²) >= 11 is 0. The molecular weight excluding hydrogens is 178 g/mol. The molecule has 0 spiro atoms. The largest absolute Gasteiger partial charge is 0.378 e. The second-order valence-corrected chi connectivity index (χ2v) is 4.93. The molecule has 1 saturated heterocycles. The van der Waals surface area contributed by atoms with Gasteiger partial charge in [0.1, 0.15) is 0 Å². The molecule has 0 radical (unpaired) electrons. The predicted molar refractivity (Wildman–Crippen MR) is 57.5 cm³/mol. The number of ether oxygens (including phenoxy) is 2. The van der Waals surface area contributed by atoms with Gasteiger partial charge >= 0.3 is 0 Å². The Labute approximate surface area is 87.4 Å². The van der Waals surface area contributed by atoms with E-state index < -0.39 is 0 Å². The van der Waals surface area contributed by atoms with Crippen LogP contribution in [0.25, 0.3) is 0 Å². The number of methoxy groups -OCH3 is 1. The van der Waals surface area contributed by atoms with Gasteiger partial charge < -0.3 is 9.47 Å². The molecule has 1 aliphatic rings. The first-order chi connectivity index (χ1) is 6.47. The van der Waals surface area contributed by atoms with Crippen molar-refractivity contribution in [3.8, 4) is 0 Å². The third-order valence-corrected chi connectivity index (χ3v) is 2.89. The summed E-state index contributed by atoms with van der Waals surface area (Å²) in [6.45, 7) is 11.4. The van der Waals surface area contributed by atoms with Crippen molar-refractivity contribution in [3.05, 3.63) is 0 Å². The monoisotopic (exact) mass is 201 g/mol. The molecule has 0 aromatic heterocycles. The third kappa shape index (κ3) is 2.69. The molecule has 14 heavy (non-hydrogen) atoms. The third-order valence-electron chi connectivity index (χ3n) is 2.89. The number of rotatable bonds is 2. The van der Waals surface area contributed by atoms with Crippen LogP contribution in [-0.4, -0.2) is 49.5 Å². The van der Waals surface area contributed by atoms with Crippen LogP contribution in [0, 0.1) is 0 Å². The second-order valence-electron chi connectivity index (χ2n) is 4.93. The molecule has 1 fully saturated rings. The number of nitrogens with zero attached hydrogens (tertiary/aromatic N) is 1. The van der Waals surface area contributed by atoms with Crippen LogP contribution in [0.2, 0.25) is 0 Å². The molecule has 1 atom stereocenters. The maximum absolute atomic E-state index is 5.63. The van der Waals surface area contributed by atoms with Crippen LogP contribution < -0.4 is 0 Å². The molecule has 84 valence electrons. The van der Waals surface area contributed by atoms with Gasteiger partial charge in [0.05, 0.1) is 19.3 Å². The quantitative estimate of drug-likeness (QED) is 0.676. The average Bonchev–Trinajstić information content (AvgIpc) is 2.23. The van der Waals surface area contributed by atoms with Crippen molar-refractivity contribution in [3.63, 3.8) is 0 Å². The van der Waals surface area contributed by atoms with E-state index in [0.29, 0.717) is 12.6 Å². The van der Waals surface area contributed by atoms with E-state index in [9.17, 15) is 0 Å². The Kier molecular flexibility index (Phi) is 3.93. The molecule has 1 heterocycles. The van der Waals surface area contributed by atoms with Crippen molar-refractivity contribution in [2.75, 3.05) is 26.9 Å². The van der Waals surface area contributed by atoms with Gasteiger partial charge in [-0.1, -0.05) is 0 Å². The van der Waals surface area contributed by atoms with Crippen molar-refractivity contribution in [2.24, 2.45) is 0 Å². The maximum atomic E-state index is 5.63. The standard InChI is InChI=1S/C11H23NO2/c1-9(2)12-6-10(13-5)7-14-8-11(12,3)4/h9-10H,6-8H2,1-5H3. The lowest BCUT2D eigenvalue weighted by Crippen LogP contribution is -2.51. The molecule has 0 aliphatic carbocycles. The summed E-state index contributed by atoms with van der Waals surface area (Å²) < 4.78 is 11.0. The van der Waals surface area contributed by atoms with E-state index in [2.05, 4.69) is 32.6 Å². The highest BCUT2D eigenvalue weighted by atomic mass is 16.5. The van der Waals surface area contributed by atoms with Crippen molar-refractivity contribution < 1.29 is 9.47 Å². The minimum Gasteiger partial charge on any atom is -0.378 e. The van der Waals surface area contributed by atoms with Crippen LogP contribution in [0.15, 0.2) is 0 Å². The van der Waals surface area contributed by atoms with Crippen LogP contribution in [0.1, 0.15) is 27.7 Å². The minimum atomic E-state index is 0.113. The average molecular weight is 201 g/mol. The highest BCUT2D eigenvalue weighted by Gasteiger charge is 2.33. The van der Waals surface area contributed by atoms with Gasteiger partial charge in [-0.2, -0.15) is 0 Å². The van der Waals surface area contributed by atoms with E-state index >= 15 is 0 Å². The summed E-state index contributed by atoms with van der Waals surface area (Å²) in [5.74, 6) is 0. The first-order valence-electron chi connectivity index (χ1n) is 5.34. The molecule has 0 N–H and O–H groups in total. The molecular formula is C11H23NO2. The van der Waals surface area contributed by atoms with Crippen molar-refractivity contribution >= 4 is 0 Å². The smallest absolute Gasteiger partial charge is 0.0931 e. The fourth-order valence-electron chi connectivity index (χ4n) is 2.09. The van der Waals surface area contributed by atoms with Crippen LogP contribution in [0.5, 0.6) is 0 Å². The van der Waals surface area contributed by atoms with Gasteiger partial charge in [-0.15, -0.1) is 0 Å². The molecule has 0 amide bonds. The Morgan fingerprint density at radius 1 is 1.43 bits per heavy atom. The van der Waals surface area contributed by atoms with Gasteiger partial charge in [-0.3, -0.25) is 4.90 Å². The summed E-state index contributed by atoms with van der Waals surface area (Å²) in [6.07, 6.45) is 0.208. The highest BCUT2D eigenvalue weighted by Crippen LogP contribution is 2.22. The SMILES string of the molecule is COC1COCC(C)(C)N(C(C)C)C1. The first-order valence-corrected chi connectivity index (χ1v) is 5.34. The fourth-order valence-corrected chi connectivity index (χ4v) is 2.09. The van der Waals surface area contributed by atoms with E-state index in [4.69, 9.17) is 9.47 Å².